The van der Waals surface area contributed by atoms with Gasteiger partial charge in [0.1, 0.15) is 0 Å². The number of nitrogens with one attached hydrogen (secondary N) is 1. The summed E-state index contributed by atoms with van der Waals surface area (Å²) in [5.74, 6) is 2.62. The van der Waals surface area contributed by atoms with Crippen LogP contribution < -0.4 is 5.32 Å². The first-order chi connectivity index (χ1) is 9.66. The third kappa shape index (κ3) is 2.65. The van der Waals surface area contributed by atoms with E-state index in [0.29, 0.717) is 0 Å². The third-order valence-electron chi connectivity index (χ3n) is 5.64. The van der Waals surface area contributed by atoms with E-state index in [2.05, 4.69) is 38.2 Å². The van der Waals surface area contributed by atoms with E-state index in [1.54, 1.807) is 5.56 Å². The van der Waals surface area contributed by atoms with E-state index >= 15 is 0 Å². The zero-order chi connectivity index (χ0) is 14.1. The van der Waals surface area contributed by atoms with Crippen LogP contribution in [0.5, 0.6) is 0 Å². The Bertz CT molecular complexity index is 448. The molecule has 2 atom stereocenters. The van der Waals surface area contributed by atoms with Gasteiger partial charge in [0.2, 0.25) is 0 Å². The lowest BCUT2D eigenvalue weighted by atomic mass is 9.71. The second-order valence-corrected chi connectivity index (χ2v) is 7.12. The molecule has 1 saturated heterocycles. The maximum absolute atomic E-state index is 3.66. The van der Waals surface area contributed by atoms with Crippen molar-refractivity contribution in [2.24, 2.45) is 11.8 Å². The van der Waals surface area contributed by atoms with Crippen LogP contribution in [-0.2, 0) is 0 Å². The molecule has 0 radical (unpaired) electrons. The van der Waals surface area contributed by atoms with Crippen molar-refractivity contribution in [2.45, 2.75) is 58.8 Å². The van der Waals surface area contributed by atoms with Crippen LogP contribution in [0, 0.1) is 32.6 Å². The van der Waals surface area contributed by atoms with E-state index in [0.717, 1.165) is 17.8 Å². The summed E-state index contributed by atoms with van der Waals surface area (Å²) < 4.78 is 0. The van der Waals surface area contributed by atoms with Gasteiger partial charge in [-0.15, -0.1) is 0 Å². The molecule has 0 aromatic heterocycles. The molecule has 2 unspecified atom stereocenters. The van der Waals surface area contributed by atoms with Crippen molar-refractivity contribution in [3.05, 3.63) is 34.4 Å². The highest BCUT2D eigenvalue weighted by Gasteiger charge is 2.35. The van der Waals surface area contributed by atoms with Crippen LogP contribution in [0.3, 0.4) is 0 Å². The van der Waals surface area contributed by atoms with E-state index in [9.17, 15) is 0 Å². The monoisotopic (exact) mass is 271 g/mol. The van der Waals surface area contributed by atoms with Gasteiger partial charge >= 0.3 is 0 Å². The fourth-order valence-corrected chi connectivity index (χ4v) is 4.90. The SMILES string of the molecule is Cc1cc(C)c(C2CCNCC2C2CCCC2)c(C)c1. The van der Waals surface area contributed by atoms with Gasteiger partial charge in [-0.3, -0.25) is 0 Å². The van der Waals surface area contributed by atoms with Crippen molar-refractivity contribution in [2.75, 3.05) is 13.1 Å². The first-order valence-corrected chi connectivity index (χ1v) is 8.45. The van der Waals surface area contributed by atoms with Crippen LogP contribution in [0.2, 0.25) is 0 Å². The summed E-state index contributed by atoms with van der Waals surface area (Å²) in [6.07, 6.45) is 7.17. The van der Waals surface area contributed by atoms with Crippen LogP contribution in [0.25, 0.3) is 0 Å². The molecule has 1 aliphatic carbocycles. The van der Waals surface area contributed by atoms with E-state index in [1.807, 2.05) is 0 Å². The molecule has 0 spiro atoms. The molecule has 1 heterocycles. The highest BCUT2D eigenvalue weighted by molar-refractivity contribution is 5.40. The second-order valence-electron chi connectivity index (χ2n) is 7.12. The molecule has 0 bridgehead atoms. The summed E-state index contributed by atoms with van der Waals surface area (Å²) in [5, 5.41) is 3.66. The highest BCUT2D eigenvalue weighted by Crippen LogP contribution is 2.43. The van der Waals surface area contributed by atoms with E-state index in [1.165, 1.54) is 61.9 Å². The molecule has 0 amide bonds. The molecule has 1 nitrogen and oxygen atoms in total. The topological polar surface area (TPSA) is 12.0 Å². The van der Waals surface area contributed by atoms with Gasteiger partial charge in [0.25, 0.3) is 0 Å². The lowest BCUT2D eigenvalue weighted by Crippen LogP contribution is -2.39. The van der Waals surface area contributed by atoms with Gasteiger partial charge in [0, 0.05) is 0 Å². The Balaban J connectivity index is 1.93. The largest absolute Gasteiger partial charge is 0.316 e. The molecule has 1 aromatic carbocycles. The van der Waals surface area contributed by atoms with Gasteiger partial charge in [-0.2, -0.15) is 0 Å². The van der Waals surface area contributed by atoms with Gasteiger partial charge in [-0.25, -0.2) is 0 Å². The molecule has 1 heteroatoms. The van der Waals surface area contributed by atoms with Gasteiger partial charge in [0.05, 0.1) is 0 Å². The maximum Gasteiger partial charge on any atom is -0.00120 e. The molecule has 1 aromatic rings. The summed E-state index contributed by atoms with van der Waals surface area (Å²) >= 11 is 0. The van der Waals surface area contributed by atoms with E-state index in [4.69, 9.17) is 0 Å². The zero-order valence-corrected chi connectivity index (χ0v) is 13.3. The first kappa shape index (κ1) is 14.1. The minimum atomic E-state index is 0.792. The quantitative estimate of drug-likeness (QED) is 0.835. The maximum atomic E-state index is 3.66. The Hall–Kier alpha value is -0.820. The molecule has 1 N–H and O–H groups in total. The number of rotatable bonds is 2. The molecule has 1 saturated carbocycles. The molecule has 20 heavy (non-hydrogen) atoms. The van der Waals surface area contributed by atoms with Crippen molar-refractivity contribution in [1.82, 2.24) is 5.32 Å². The number of hydrogen-bond donors (Lipinski definition) is 1. The normalized spacial score (nSPS) is 27.9. The van der Waals surface area contributed by atoms with Crippen molar-refractivity contribution < 1.29 is 0 Å². The number of piperidine rings is 1. The second kappa shape index (κ2) is 5.89. The Labute approximate surface area is 124 Å². The first-order valence-electron chi connectivity index (χ1n) is 8.45. The van der Waals surface area contributed by atoms with Gasteiger partial charge in [-0.1, -0.05) is 43.4 Å². The fourth-order valence-electron chi connectivity index (χ4n) is 4.90. The molecular formula is C19H29N. The van der Waals surface area contributed by atoms with Crippen LogP contribution >= 0.6 is 0 Å². The predicted molar refractivity (Wildman–Crippen MR) is 86.3 cm³/mol. The Morgan fingerprint density at radius 2 is 1.60 bits per heavy atom. The predicted octanol–water partition coefficient (Wildman–Crippen LogP) is 4.50. The fraction of sp³-hybridized carbons (Fsp3) is 0.684. The van der Waals surface area contributed by atoms with Crippen LogP contribution in [0.4, 0.5) is 0 Å². The summed E-state index contributed by atoms with van der Waals surface area (Å²) in [5.41, 5.74) is 6.14. The molecule has 1 aliphatic heterocycles. The van der Waals surface area contributed by atoms with Crippen LogP contribution in [-0.4, -0.2) is 13.1 Å². The molecule has 2 aliphatic rings. The lowest BCUT2D eigenvalue weighted by molar-refractivity contribution is 0.230. The average molecular weight is 271 g/mol. The smallest absolute Gasteiger partial charge is 0.00120 e. The van der Waals surface area contributed by atoms with Crippen molar-refractivity contribution in [1.29, 1.82) is 0 Å². The third-order valence-corrected chi connectivity index (χ3v) is 5.64. The molecule has 2 fully saturated rings. The van der Waals surface area contributed by atoms with Crippen LogP contribution in [0.1, 0.15) is 60.3 Å². The van der Waals surface area contributed by atoms with Crippen molar-refractivity contribution in [3.63, 3.8) is 0 Å². The number of hydrogen-bond acceptors (Lipinski definition) is 1. The van der Waals surface area contributed by atoms with E-state index in [-0.39, 0.29) is 0 Å². The Morgan fingerprint density at radius 3 is 2.25 bits per heavy atom. The summed E-state index contributed by atoms with van der Waals surface area (Å²) in [6, 6.07) is 4.77. The highest BCUT2D eigenvalue weighted by atomic mass is 14.9. The standard InChI is InChI=1S/C19H29N/c1-13-10-14(2)19(15(3)11-13)17-8-9-20-12-18(17)16-6-4-5-7-16/h10-11,16-18,20H,4-9,12H2,1-3H3. The Kier molecular flexibility index (Phi) is 4.16. The van der Waals surface area contributed by atoms with Crippen LogP contribution in [0.15, 0.2) is 12.1 Å². The van der Waals surface area contributed by atoms with Gasteiger partial charge in [0.15, 0.2) is 0 Å². The molecule has 110 valence electrons. The summed E-state index contributed by atoms with van der Waals surface area (Å²) in [6.45, 7) is 9.30. The minimum Gasteiger partial charge on any atom is -0.316 e. The number of aryl methyl sites for hydroxylation is 3. The Morgan fingerprint density at radius 1 is 0.950 bits per heavy atom. The van der Waals surface area contributed by atoms with Crippen molar-refractivity contribution in [3.8, 4) is 0 Å². The zero-order valence-electron chi connectivity index (χ0n) is 13.3. The van der Waals surface area contributed by atoms with E-state index < -0.39 is 0 Å². The van der Waals surface area contributed by atoms with Gasteiger partial charge in [-0.05, 0) is 74.7 Å². The van der Waals surface area contributed by atoms with Crippen molar-refractivity contribution >= 4 is 0 Å². The summed E-state index contributed by atoms with van der Waals surface area (Å²) in [7, 11) is 0. The minimum absolute atomic E-state index is 0.792. The molecule has 3 rings (SSSR count). The average Bonchev–Trinajstić information content (AvgIpc) is 2.92. The summed E-state index contributed by atoms with van der Waals surface area (Å²) in [4.78, 5) is 0. The lowest BCUT2D eigenvalue weighted by Gasteiger charge is -2.38. The number of benzene rings is 1. The van der Waals surface area contributed by atoms with Gasteiger partial charge < -0.3 is 5.32 Å². The molecular weight excluding hydrogens is 242 g/mol.